The molecule has 5 heteroatoms. The highest BCUT2D eigenvalue weighted by Crippen LogP contribution is 2.60. The Balaban J connectivity index is 1.47. The van der Waals surface area contributed by atoms with Gasteiger partial charge in [-0.15, -0.1) is 0 Å². The highest BCUT2D eigenvalue weighted by Gasteiger charge is 2.54. The van der Waals surface area contributed by atoms with Crippen molar-refractivity contribution in [2.45, 2.75) is 62.2 Å². The van der Waals surface area contributed by atoms with Crippen LogP contribution in [-0.2, 0) is 15.6 Å². The fraction of sp³-hybridized carbons (Fsp3) is 0.889. The van der Waals surface area contributed by atoms with Gasteiger partial charge in [-0.05, 0) is 69.1 Å². The number of hydrogen-bond acceptors (Lipinski definition) is 5. The lowest BCUT2D eigenvalue weighted by molar-refractivity contribution is -0.0103. The van der Waals surface area contributed by atoms with Gasteiger partial charge in [0.05, 0.1) is 5.41 Å². The Morgan fingerprint density at radius 1 is 1.00 bits per heavy atom. The summed E-state index contributed by atoms with van der Waals surface area (Å²) in [6.45, 7) is 2.05. The Bertz CT molecular complexity index is 556. The van der Waals surface area contributed by atoms with Crippen molar-refractivity contribution >= 4 is 0 Å². The number of nitrogens with zero attached hydrogens (tertiary/aromatic N) is 2. The molecule has 5 aliphatic rings. The van der Waals surface area contributed by atoms with E-state index in [4.69, 9.17) is 20.0 Å². The summed E-state index contributed by atoms with van der Waals surface area (Å²) in [5.41, 5.74) is 6.15. The van der Waals surface area contributed by atoms with Gasteiger partial charge in [0.15, 0.2) is 5.82 Å². The van der Waals surface area contributed by atoms with Crippen molar-refractivity contribution in [1.29, 1.82) is 0 Å². The van der Waals surface area contributed by atoms with E-state index >= 15 is 0 Å². The number of nitrogens with two attached hydrogens (primary N) is 1. The molecular formula is C18H27N3O2. The zero-order valence-corrected chi connectivity index (χ0v) is 13.8. The lowest BCUT2D eigenvalue weighted by Crippen LogP contribution is -2.49. The molecule has 1 aliphatic heterocycles. The molecule has 2 N–H and O–H groups in total. The zero-order valence-electron chi connectivity index (χ0n) is 13.8. The van der Waals surface area contributed by atoms with Gasteiger partial charge in [0.1, 0.15) is 0 Å². The standard InChI is InChI=1S/C18H27N3O2/c19-11-17(1-3-22-4-2-17)16-20-15(21-23-16)18-8-12-5-13(9-18)7-14(6-12)10-18/h12-14H,1-11,19H2. The molecule has 2 heterocycles. The van der Waals surface area contributed by atoms with Crippen LogP contribution in [0.4, 0.5) is 0 Å². The molecule has 1 saturated heterocycles. The molecule has 1 aromatic heterocycles. The van der Waals surface area contributed by atoms with E-state index < -0.39 is 0 Å². The van der Waals surface area contributed by atoms with Crippen LogP contribution in [-0.4, -0.2) is 29.9 Å². The van der Waals surface area contributed by atoms with Crippen LogP contribution >= 0.6 is 0 Å². The van der Waals surface area contributed by atoms with Crippen LogP contribution in [0.1, 0.15) is 63.1 Å². The smallest absolute Gasteiger partial charge is 0.234 e. The molecule has 126 valence electrons. The molecule has 0 atom stereocenters. The van der Waals surface area contributed by atoms with Crippen molar-refractivity contribution in [3.05, 3.63) is 11.7 Å². The fourth-order valence-electron chi connectivity index (χ4n) is 6.31. The molecular weight excluding hydrogens is 290 g/mol. The van der Waals surface area contributed by atoms with Gasteiger partial charge in [-0.3, -0.25) is 0 Å². The normalized spacial score (nSPS) is 41.3. The maximum Gasteiger partial charge on any atom is 0.234 e. The lowest BCUT2D eigenvalue weighted by atomic mass is 9.49. The molecule has 6 rings (SSSR count). The second kappa shape index (κ2) is 5.03. The van der Waals surface area contributed by atoms with Crippen LogP contribution in [0.25, 0.3) is 0 Å². The van der Waals surface area contributed by atoms with Gasteiger partial charge in [0, 0.05) is 25.2 Å². The van der Waals surface area contributed by atoms with Crippen LogP contribution < -0.4 is 5.73 Å². The Kier molecular flexibility index (Phi) is 3.15. The van der Waals surface area contributed by atoms with Crippen molar-refractivity contribution in [3.63, 3.8) is 0 Å². The third-order valence-electron chi connectivity index (χ3n) is 7.23. The van der Waals surface area contributed by atoms with Crippen molar-refractivity contribution in [1.82, 2.24) is 10.1 Å². The van der Waals surface area contributed by atoms with Crippen LogP contribution in [0.15, 0.2) is 4.52 Å². The van der Waals surface area contributed by atoms with Crippen LogP contribution in [0.2, 0.25) is 0 Å². The van der Waals surface area contributed by atoms with E-state index in [0.29, 0.717) is 6.54 Å². The Hall–Kier alpha value is -0.940. The summed E-state index contributed by atoms with van der Waals surface area (Å²) >= 11 is 0. The van der Waals surface area contributed by atoms with E-state index in [1.807, 2.05) is 0 Å². The highest BCUT2D eigenvalue weighted by atomic mass is 16.5. The SMILES string of the molecule is NCC1(c2nc(C34CC5CC(CC(C5)C3)C4)no2)CCOCC1. The first kappa shape index (κ1) is 14.4. The van der Waals surface area contributed by atoms with E-state index in [-0.39, 0.29) is 10.8 Å². The predicted octanol–water partition coefficient (Wildman–Crippen LogP) is 2.54. The minimum atomic E-state index is -0.161. The molecule has 4 aliphatic carbocycles. The molecule has 0 aromatic carbocycles. The summed E-state index contributed by atoms with van der Waals surface area (Å²) in [5.74, 6) is 4.46. The maximum atomic E-state index is 6.10. The lowest BCUT2D eigenvalue weighted by Gasteiger charge is -2.55. The third-order valence-corrected chi connectivity index (χ3v) is 7.23. The fourth-order valence-corrected chi connectivity index (χ4v) is 6.31. The first-order valence-corrected chi connectivity index (χ1v) is 9.34. The van der Waals surface area contributed by atoms with E-state index in [9.17, 15) is 0 Å². The highest BCUT2D eigenvalue weighted by molar-refractivity contribution is 5.18. The van der Waals surface area contributed by atoms with Gasteiger partial charge < -0.3 is 15.0 Å². The van der Waals surface area contributed by atoms with Gasteiger partial charge in [-0.25, -0.2) is 0 Å². The van der Waals surface area contributed by atoms with E-state index in [0.717, 1.165) is 55.5 Å². The molecule has 5 fully saturated rings. The molecule has 0 unspecified atom stereocenters. The Morgan fingerprint density at radius 2 is 1.61 bits per heavy atom. The summed E-state index contributed by atoms with van der Waals surface area (Å²) in [7, 11) is 0. The zero-order chi connectivity index (χ0) is 15.5. The topological polar surface area (TPSA) is 74.2 Å². The predicted molar refractivity (Wildman–Crippen MR) is 84.9 cm³/mol. The summed E-state index contributed by atoms with van der Waals surface area (Å²) in [4.78, 5) is 4.95. The molecule has 0 radical (unpaired) electrons. The maximum absolute atomic E-state index is 6.10. The van der Waals surface area contributed by atoms with Gasteiger partial charge in [0.2, 0.25) is 5.89 Å². The average molecular weight is 317 g/mol. The van der Waals surface area contributed by atoms with Gasteiger partial charge >= 0.3 is 0 Å². The third kappa shape index (κ3) is 2.12. The first-order valence-electron chi connectivity index (χ1n) is 9.34. The van der Waals surface area contributed by atoms with E-state index in [1.165, 1.54) is 38.5 Å². The van der Waals surface area contributed by atoms with Crippen molar-refractivity contribution in [2.75, 3.05) is 19.8 Å². The summed E-state index contributed by atoms with van der Waals surface area (Å²) in [6.07, 6.45) is 9.93. The molecule has 0 spiro atoms. The van der Waals surface area contributed by atoms with Crippen molar-refractivity contribution in [3.8, 4) is 0 Å². The van der Waals surface area contributed by atoms with Crippen molar-refractivity contribution < 1.29 is 9.26 Å². The van der Waals surface area contributed by atoms with E-state index in [2.05, 4.69) is 5.16 Å². The Labute approximate surface area is 137 Å². The second-order valence-corrected chi connectivity index (χ2v) is 8.72. The van der Waals surface area contributed by atoms with Gasteiger partial charge in [0.25, 0.3) is 0 Å². The monoisotopic (exact) mass is 317 g/mol. The summed E-state index contributed by atoms with van der Waals surface area (Å²) in [5, 5.41) is 4.49. The molecule has 5 nitrogen and oxygen atoms in total. The largest absolute Gasteiger partial charge is 0.381 e. The minimum absolute atomic E-state index is 0.161. The number of ether oxygens (including phenoxy) is 1. The van der Waals surface area contributed by atoms with Crippen LogP contribution in [0, 0.1) is 17.8 Å². The molecule has 23 heavy (non-hydrogen) atoms. The molecule has 4 saturated carbocycles. The van der Waals surface area contributed by atoms with Crippen LogP contribution in [0.3, 0.4) is 0 Å². The van der Waals surface area contributed by atoms with Crippen molar-refractivity contribution in [2.24, 2.45) is 23.5 Å². The van der Waals surface area contributed by atoms with E-state index in [1.54, 1.807) is 0 Å². The summed E-state index contributed by atoms with van der Waals surface area (Å²) < 4.78 is 11.3. The average Bonchev–Trinajstić information content (AvgIpc) is 3.06. The van der Waals surface area contributed by atoms with Gasteiger partial charge in [-0.2, -0.15) is 4.98 Å². The molecule has 4 bridgehead atoms. The number of hydrogen-bond donors (Lipinski definition) is 1. The summed E-state index contributed by atoms with van der Waals surface area (Å²) in [6, 6.07) is 0. The number of rotatable bonds is 3. The quantitative estimate of drug-likeness (QED) is 0.927. The first-order chi connectivity index (χ1) is 11.2. The number of aromatic nitrogens is 2. The minimum Gasteiger partial charge on any atom is -0.381 e. The second-order valence-electron chi connectivity index (χ2n) is 8.72. The van der Waals surface area contributed by atoms with Crippen LogP contribution in [0.5, 0.6) is 0 Å². The Morgan fingerprint density at radius 3 is 2.17 bits per heavy atom. The molecule has 0 amide bonds. The molecule has 1 aromatic rings. The van der Waals surface area contributed by atoms with Gasteiger partial charge in [-0.1, -0.05) is 5.16 Å².